The monoisotopic (exact) mass is 467 g/mol. The van der Waals surface area contributed by atoms with Crippen LogP contribution in [0.1, 0.15) is 10.4 Å². The Labute approximate surface area is 195 Å². The van der Waals surface area contributed by atoms with Crippen molar-refractivity contribution < 1.29 is 19.4 Å². The van der Waals surface area contributed by atoms with Gasteiger partial charge in [-0.25, -0.2) is 4.79 Å². The number of aromatic carboxylic acids is 1. The van der Waals surface area contributed by atoms with Crippen molar-refractivity contribution in [1.82, 2.24) is 0 Å². The van der Waals surface area contributed by atoms with Crippen molar-refractivity contribution in [3.05, 3.63) is 78.4 Å². The number of para-hydroxylation sites is 2. The highest BCUT2D eigenvalue weighted by Gasteiger charge is 2.08. The third kappa shape index (κ3) is 6.73. The molecule has 0 unspecified atom stereocenters. The number of methoxy groups -OCH3 is 1. The first-order valence-corrected chi connectivity index (χ1v) is 10.9. The molecule has 0 atom stereocenters. The first kappa shape index (κ1) is 23.1. The fourth-order valence-electron chi connectivity index (χ4n) is 2.74. The summed E-state index contributed by atoms with van der Waals surface area (Å²) in [5.74, 6) is -0.313. The van der Waals surface area contributed by atoms with Gasteiger partial charge in [0.25, 0.3) is 0 Å². The van der Waals surface area contributed by atoms with Crippen molar-refractivity contribution in [2.75, 3.05) is 28.8 Å². The Balaban J connectivity index is 1.52. The number of hydrogen-bond acceptors (Lipinski definition) is 5. The standard InChI is InChI=1S/C23H21N3O4S2/c1-30-20-8-3-2-7-19(20)26-23(31)25-17-5-4-6-18(13-17)32-14-21(27)24-16-11-9-15(10-12-16)22(28)29/h2-13H,14H2,1H3,(H,24,27)(H,28,29)(H2,25,26,31). The van der Waals surface area contributed by atoms with Gasteiger partial charge in [0, 0.05) is 16.3 Å². The number of amides is 1. The van der Waals surface area contributed by atoms with Crippen molar-refractivity contribution in [1.29, 1.82) is 0 Å². The Hall–Kier alpha value is -3.56. The molecule has 3 aromatic carbocycles. The number of anilines is 3. The van der Waals surface area contributed by atoms with Crippen LogP contribution >= 0.6 is 24.0 Å². The van der Waals surface area contributed by atoms with E-state index >= 15 is 0 Å². The normalized spacial score (nSPS) is 10.2. The number of carbonyl (C=O) groups excluding carboxylic acids is 1. The third-order valence-corrected chi connectivity index (χ3v) is 5.43. The van der Waals surface area contributed by atoms with Crippen LogP contribution in [0, 0.1) is 0 Å². The SMILES string of the molecule is COc1ccccc1NC(=S)Nc1cccc(SCC(=O)Nc2ccc(C(=O)O)cc2)c1. The summed E-state index contributed by atoms with van der Waals surface area (Å²) >= 11 is 6.76. The van der Waals surface area contributed by atoms with Crippen LogP contribution in [0.15, 0.2) is 77.7 Å². The van der Waals surface area contributed by atoms with Crippen molar-refractivity contribution in [3.63, 3.8) is 0 Å². The smallest absolute Gasteiger partial charge is 0.335 e. The molecule has 0 heterocycles. The van der Waals surface area contributed by atoms with Crippen LogP contribution in [0.3, 0.4) is 0 Å². The molecule has 0 bridgehead atoms. The summed E-state index contributed by atoms with van der Waals surface area (Å²) in [7, 11) is 1.60. The highest BCUT2D eigenvalue weighted by atomic mass is 32.2. The largest absolute Gasteiger partial charge is 0.495 e. The average Bonchev–Trinajstić information content (AvgIpc) is 2.78. The Morgan fingerprint density at radius 1 is 0.938 bits per heavy atom. The van der Waals surface area contributed by atoms with Gasteiger partial charge in [-0.3, -0.25) is 4.79 Å². The summed E-state index contributed by atoms with van der Waals surface area (Å²) in [5, 5.41) is 18.3. The third-order valence-electron chi connectivity index (χ3n) is 4.23. The van der Waals surface area contributed by atoms with Crippen molar-refractivity contribution in [2.45, 2.75) is 4.90 Å². The van der Waals surface area contributed by atoms with E-state index in [0.29, 0.717) is 16.5 Å². The number of ether oxygens (including phenoxy) is 1. The number of carboxylic acid groups (broad SMARTS) is 1. The van der Waals surface area contributed by atoms with Crippen molar-refractivity contribution >= 4 is 58.0 Å². The molecule has 4 N–H and O–H groups in total. The molecule has 0 fully saturated rings. The van der Waals surface area contributed by atoms with Gasteiger partial charge >= 0.3 is 5.97 Å². The van der Waals surface area contributed by atoms with Crippen molar-refractivity contribution in [3.8, 4) is 5.75 Å². The average molecular weight is 468 g/mol. The van der Waals surface area contributed by atoms with Gasteiger partial charge in [0.1, 0.15) is 5.75 Å². The zero-order valence-electron chi connectivity index (χ0n) is 17.1. The second-order valence-corrected chi connectivity index (χ2v) is 7.98. The fraction of sp³-hybridized carbons (Fsp3) is 0.0870. The number of rotatable bonds is 8. The Morgan fingerprint density at radius 2 is 1.69 bits per heavy atom. The van der Waals surface area contributed by atoms with Crippen LogP contribution in [-0.4, -0.2) is 35.0 Å². The van der Waals surface area contributed by atoms with Crippen LogP contribution in [0.4, 0.5) is 17.1 Å². The summed E-state index contributed by atoms with van der Waals surface area (Å²) in [5.41, 5.74) is 2.25. The molecule has 9 heteroatoms. The molecule has 0 aliphatic carbocycles. The molecular formula is C23H21N3O4S2. The molecule has 1 amide bonds. The first-order chi connectivity index (χ1) is 15.4. The topological polar surface area (TPSA) is 99.7 Å². The van der Waals surface area contributed by atoms with Crippen LogP contribution in [0.5, 0.6) is 5.75 Å². The summed E-state index contributed by atoms with van der Waals surface area (Å²) in [6.07, 6.45) is 0. The molecule has 0 spiro atoms. The molecule has 3 rings (SSSR count). The van der Waals surface area contributed by atoms with Crippen LogP contribution in [0.25, 0.3) is 0 Å². The van der Waals surface area contributed by atoms with Gasteiger partial charge < -0.3 is 25.8 Å². The first-order valence-electron chi connectivity index (χ1n) is 9.51. The highest BCUT2D eigenvalue weighted by molar-refractivity contribution is 8.00. The number of benzene rings is 3. The zero-order valence-corrected chi connectivity index (χ0v) is 18.8. The van der Waals surface area contributed by atoms with E-state index in [2.05, 4.69) is 16.0 Å². The lowest BCUT2D eigenvalue weighted by Gasteiger charge is -2.13. The second-order valence-electron chi connectivity index (χ2n) is 6.53. The van der Waals surface area contributed by atoms with Gasteiger partial charge in [0.2, 0.25) is 5.91 Å². The maximum Gasteiger partial charge on any atom is 0.335 e. The van der Waals surface area contributed by atoms with Gasteiger partial charge in [-0.15, -0.1) is 11.8 Å². The number of nitrogens with one attached hydrogen (secondary N) is 3. The predicted molar refractivity (Wildman–Crippen MR) is 132 cm³/mol. The van der Waals surface area contributed by atoms with Crippen molar-refractivity contribution in [2.24, 2.45) is 0 Å². The Kier molecular flexibility index (Phi) is 8.07. The van der Waals surface area contributed by atoms with E-state index in [1.54, 1.807) is 19.2 Å². The Morgan fingerprint density at radius 3 is 2.41 bits per heavy atom. The van der Waals surface area contributed by atoms with E-state index in [1.807, 2.05) is 48.5 Å². The van der Waals surface area contributed by atoms with E-state index in [1.165, 1.54) is 23.9 Å². The van der Waals surface area contributed by atoms with Gasteiger partial charge in [-0.2, -0.15) is 0 Å². The molecule has 32 heavy (non-hydrogen) atoms. The lowest BCUT2D eigenvalue weighted by molar-refractivity contribution is -0.113. The van der Waals surface area contributed by atoms with Gasteiger partial charge in [0.05, 0.1) is 24.1 Å². The lowest BCUT2D eigenvalue weighted by atomic mass is 10.2. The molecule has 0 saturated carbocycles. The minimum atomic E-state index is -1.01. The fourth-order valence-corrected chi connectivity index (χ4v) is 3.72. The summed E-state index contributed by atoms with van der Waals surface area (Å²) in [6.45, 7) is 0. The summed E-state index contributed by atoms with van der Waals surface area (Å²) in [4.78, 5) is 24.0. The van der Waals surface area contributed by atoms with E-state index in [0.717, 1.165) is 16.3 Å². The molecular weight excluding hydrogens is 446 g/mol. The highest BCUT2D eigenvalue weighted by Crippen LogP contribution is 2.25. The van der Waals surface area contributed by atoms with Gasteiger partial charge in [-0.1, -0.05) is 18.2 Å². The number of hydrogen-bond donors (Lipinski definition) is 4. The maximum absolute atomic E-state index is 12.2. The minimum Gasteiger partial charge on any atom is -0.495 e. The number of carbonyl (C=O) groups is 2. The van der Waals surface area contributed by atoms with E-state index < -0.39 is 5.97 Å². The van der Waals surface area contributed by atoms with E-state index in [4.69, 9.17) is 22.1 Å². The molecule has 0 aromatic heterocycles. The predicted octanol–water partition coefficient (Wildman–Crippen LogP) is 4.93. The molecule has 164 valence electrons. The maximum atomic E-state index is 12.2. The minimum absolute atomic E-state index is 0.166. The number of thioether (sulfide) groups is 1. The van der Waals surface area contributed by atoms with Crippen LogP contribution < -0.4 is 20.7 Å². The van der Waals surface area contributed by atoms with E-state index in [9.17, 15) is 9.59 Å². The Bertz CT molecular complexity index is 1120. The van der Waals surface area contributed by atoms with Crippen LogP contribution in [0.2, 0.25) is 0 Å². The molecule has 3 aromatic rings. The summed E-state index contributed by atoms with van der Waals surface area (Å²) in [6, 6.07) is 21.0. The molecule has 0 aliphatic heterocycles. The molecule has 7 nitrogen and oxygen atoms in total. The lowest BCUT2D eigenvalue weighted by Crippen LogP contribution is -2.19. The van der Waals surface area contributed by atoms with Gasteiger partial charge in [-0.05, 0) is 66.8 Å². The molecule has 0 saturated heterocycles. The van der Waals surface area contributed by atoms with Crippen LogP contribution in [-0.2, 0) is 4.79 Å². The second kappa shape index (κ2) is 11.2. The van der Waals surface area contributed by atoms with Gasteiger partial charge in [0.15, 0.2) is 5.11 Å². The molecule has 0 radical (unpaired) electrons. The number of carboxylic acids is 1. The van der Waals surface area contributed by atoms with E-state index in [-0.39, 0.29) is 17.2 Å². The molecule has 0 aliphatic rings. The summed E-state index contributed by atoms with van der Waals surface area (Å²) < 4.78 is 5.31. The zero-order chi connectivity index (χ0) is 22.9. The number of thiocarbonyl (C=S) groups is 1. The quantitative estimate of drug-likeness (QED) is 0.273.